The monoisotopic (exact) mass is 382 g/mol. The predicted molar refractivity (Wildman–Crippen MR) is 105 cm³/mol. The molecule has 0 aliphatic carbocycles. The van der Waals surface area contributed by atoms with E-state index in [0.717, 1.165) is 18.7 Å². The quantitative estimate of drug-likeness (QED) is 0.678. The number of halogens is 1. The fourth-order valence-corrected chi connectivity index (χ4v) is 3.38. The third-order valence-corrected chi connectivity index (χ3v) is 4.92. The molecular formula is C20H31ClN2O3. The Morgan fingerprint density at radius 1 is 1.31 bits per heavy atom. The Kier molecular flexibility index (Phi) is 10.3. The van der Waals surface area contributed by atoms with Crippen LogP contribution in [0.2, 0.25) is 0 Å². The molecule has 146 valence electrons. The number of benzene rings is 1. The Balaban J connectivity index is 0.00000338. The number of esters is 1. The molecule has 1 aliphatic rings. The maximum absolute atomic E-state index is 12.3. The Bertz CT molecular complexity index is 547. The van der Waals surface area contributed by atoms with Crippen LogP contribution in [0.25, 0.3) is 0 Å². The third-order valence-electron chi connectivity index (χ3n) is 4.92. The molecule has 1 aliphatic heterocycles. The first-order valence-corrected chi connectivity index (χ1v) is 9.30. The molecule has 0 spiro atoms. The molecular weight excluding hydrogens is 352 g/mol. The number of rotatable bonds is 8. The minimum absolute atomic E-state index is 0. The number of amides is 1. The van der Waals surface area contributed by atoms with E-state index in [9.17, 15) is 9.59 Å². The van der Waals surface area contributed by atoms with E-state index in [0.29, 0.717) is 24.9 Å². The molecule has 0 bridgehead atoms. The number of nitrogens with one attached hydrogen (secondary N) is 2. The van der Waals surface area contributed by atoms with Crippen molar-refractivity contribution in [1.82, 2.24) is 10.6 Å². The van der Waals surface area contributed by atoms with Crippen LogP contribution in [-0.2, 0) is 14.3 Å². The maximum Gasteiger partial charge on any atom is 0.315 e. The average molecular weight is 383 g/mol. The number of hydrogen-bond donors (Lipinski definition) is 2. The van der Waals surface area contributed by atoms with Gasteiger partial charge in [-0.1, -0.05) is 37.3 Å². The molecule has 2 N–H and O–H groups in total. The van der Waals surface area contributed by atoms with Gasteiger partial charge >= 0.3 is 5.97 Å². The van der Waals surface area contributed by atoms with Gasteiger partial charge in [-0.3, -0.25) is 9.59 Å². The Morgan fingerprint density at radius 2 is 2.04 bits per heavy atom. The summed E-state index contributed by atoms with van der Waals surface area (Å²) in [6.07, 6.45) is 2.85. The van der Waals surface area contributed by atoms with Crippen LogP contribution in [0.5, 0.6) is 0 Å². The van der Waals surface area contributed by atoms with Crippen LogP contribution in [0, 0.1) is 11.8 Å². The molecule has 2 rings (SSSR count). The highest BCUT2D eigenvalue weighted by Gasteiger charge is 2.25. The highest BCUT2D eigenvalue weighted by atomic mass is 35.5. The lowest BCUT2D eigenvalue weighted by Crippen LogP contribution is -2.37. The van der Waals surface area contributed by atoms with Crippen LogP contribution < -0.4 is 10.6 Å². The van der Waals surface area contributed by atoms with E-state index < -0.39 is 5.92 Å². The van der Waals surface area contributed by atoms with Crippen LogP contribution in [-0.4, -0.2) is 38.1 Å². The first-order chi connectivity index (χ1) is 12.1. The fraction of sp³-hybridized carbons (Fsp3) is 0.600. The minimum atomic E-state index is -0.461. The summed E-state index contributed by atoms with van der Waals surface area (Å²) in [5.74, 6) is 0.138. The van der Waals surface area contributed by atoms with Crippen molar-refractivity contribution in [1.29, 1.82) is 0 Å². The molecule has 0 saturated carbocycles. The molecule has 3 unspecified atom stereocenters. The van der Waals surface area contributed by atoms with Gasteiger partial charge in [0.05, 0.1) is 12.5 Å². The number of hydrogen-bond acceptors (Lipinski definition) is 4. The zero-order valence-corrected chi connectivity index (χ0v) is 16.5. The van der Waals surface area contributed by atoms with Gasteiger partial charge in [0.2, 0.25) is 5.91 Å². The zero-order valence-electron chi connectivity index (χ0n) is 15.7. The molecule has 0 radical (unpaired) electrons. The van der Waals surface area contributed by atoms with Crippen molar-refractivity contribution in [2.24, 2.45) is 11.8 Å². The van der Waals surface area contributed by atoms with E-state index in [1.807, 2.05) is 30.3 Å². The molecule has 1 amide bonds. The van der Waals surface area contributed by atoms with Crippen molar-refractivity contribution < 1.29 is 14.3 Å². The smallest absolute Gasteiger partial charge is 0.315 e. The zero-order chi connectivity index (χ0) is 18.1. The lowest BCUT2D eigenvalue weighted by molar-refractivity contribution is -0.144. The van der Waals surface area contributed by atoms with Gasteiger partial charge in [-0.25, -0.2) is 0 Å². The third kappa shape index (κ3) is 6.96. The van der Waals surface area contributed by atoms with Crippen LogP contribution in [0.15, 0.2) is 30.3 Å². The summed E-state index contributed by atoms with van der Waals surface area (Å²) >= 11 is 0. The van der Waals surface area contributed by atoms with Crippen molar-refractivity contribution in [2.75, 3.05) is 26.2 Å². The summed E-state index contributed by atoms with van der Waals surface area (Å²) in [7, 11) is 0. The van der Waals surface area contributed by atoms with Gasteiger partial charge in [0.25, 0.3) is 0 Å². The molecule has 6 heteroatoms. The summed E-state index contributed by atoms with van der Waals surface area (Å²) in [6.45, 7) is 6.60. The summed E-state index contributed by atoms with van der Waals surface area (Å²) in [6, 6.07) is 9.47. The van der Waals surface area contributed by atoms with Crippen molar-refractivity contribution in [3.05, 3.63) is 35.9 Å². The SMILES string of the molecule is CCOC(=O)C(CNC(=O)CC(C)C1CCCNC1)c1ccccc1.Cl. The second kappa shape index (κ2) is 11.9. The number of ether oxygens (including phenoxy) is 1. The van der Waals surface area contributed by atoms with Crippen LogP contribution in [0.3, 0.4) is 0 Å². The Labute approximate surface area is 162 Å². The van der Waals surface area contributed by atoms with Gasteiger partial charge in [-0.05, 0) is 50.3 Å². The Morgan fingerprint density at radius 3 is 2.65 bits per heavy atom. The molecule has 26 heavy (non-hydrogen) atoms. The second-order valence-corrected chi connectivity index (χ2v) is 6.81. The van der Waals surface area contributed by atoms with Crippen LogP contribution in [0.4, 0.5) is 0 Å². The standard InChI is InChI=1S/C20H30N2O3.ClH/c1-3-25-20(24)18(16-8-5-4-6-9-16)14-22-19(23)12-15(2)17-10-7-11-21-13-17;/h4-6,8-9,15,17-18,21H,3,7,10-14H2,1-2H3,(H,22,23);1H. The molecule has 1 aromatic carbocycles. The van der Waals surface area contributed by atoms with Gasteiger partial charge < -0.3 is 15.4 Å². The minimum Gasteiger partial charge on any atom is -0.465 e. The summed E-state index contributed by atoms with van der Waals surface area (Å²) in [5.41, 5.74) is 0.866. The fourth-order valence-electron chi connectivity index (χ4n) is 3.38. The van der Waals surface area contributed by atoms with Crippen molar-refractivity contribution in [3.8, 4) is 0 Å². The summed E-state index contributed by atoms with van der Waals surface area (Å²) < 4.78 is 5.17. The maximum atomic E-state index is 12.3. The van der Waals surface area contributed by atoms with Gasteiger partial charge in [0, 0.05) is 13.0 Å². The largest absolute Gasteiger partial charge is 0.465 e. The molecule has 0 aromatic heterocycles. The summed E-state index contributed by atoms with van der Waals surface area (Å²) in [5, 5.41) is 6.33. The van der Waals surface area contributed by atoms with E-state index in [4.69, 9.17) is 4.74 Å². The topological polar surface area (TPSA) is 67.4 Å². The first kappa shape index (κ1) is 22.5. The number of piperidine rings is 1. The highest BCUT2D eigenvalue weighted by molar-refractivity contribution is 5.85. The van der Waals surface area contributed by atoms with Gasteiger partial charge in [0.15, 0.2) is 0 Å². The van der Waals surface area contributed by atoms with E-state index >= 15 is 0 Å². The summed E-state index contributed by atoms with van der Waals surface area (Å²) in [4.78, 5) is 24.6. The van der Waals surface area contributed by atoms with E-state index in [1.165, 1.54) is 12.8 Å². The molecule has 1 heterocycles. The predicted octanol–water partition coefficient (Wildman–Crippen LogP) is 2.90. The first-order valence-electron chi connectivity index (χ1n) is 9.30. The molecule has 5 nitrogen and oxygen atoms in total. The molecule has 1 fully saturated rings. The van der Waals surface area contributed by atoms with E-state index in [1.54, 1.807) is 6.92 Å². The van der Waals surface area contributed by atoms with Gasteiger partial charge in [-0.2, -0.15) is 0 Å². The van der Waals surface area contributed by atoms with Crippen LogP contribution >= 0.6 is 12.4 Å². The molecule has 1 aromatic rings. The lowest BCUT2D eigenvalue weighted by Gasteiger charge is -2.28. The Hall–Kier alpha value is -1.59. The highest BCUT2D eigenvalue weighted by Crippen LogP contribution is 2.22. The van der Waals surface area contributed by atoms with Gasteiger partial charge in [-0.15, -0.1) is 12.4 Å². The van der Waals surface area contributed by atoms with E-state index in [2.05, 4.69) is 17.6 Å². The van der Waals surface area contributed by atoms with Crippen LogP contribution in [0.1, 0.15) is 44.6 Å². The van der Waals surface area contributed by atoms with Crippen molar-refractivity contribution >= 4 is 24.3 Å². The van der Waals surface area contributed by atoms with Gasteiger partial charge in [0.1, 0.15) is 0 Å². The van der Waals surface area contributed by atoms with Crippen molar-refractivity contribution in [3.63, 3.8) is 0 Å². The number of carbonyl (C=O) groups excluding carboxylic acids is 2. The normalized spacial score (nSPS) is 18.9. The average Bonchev–Trinajstić information content (AvgIpc) is 2.63. The van der Waals surface area contributed by atoms with E-state index in [-0.39, 0.29) is 30.8 Å². The second-order valence-electron chi connectivity index (χ2n) is 6.81. The molecule has 1 saturated heterocycles. The number of carbonyl (C=O) groups is 2. The van der Waals surface area contributed by atoms with Crippen molar-refractivity contribution in [2.45, 2.75) is 39.0 Å². The molecule has 3 atom stereocenters. The lowest BCUT2D eigenvalue weighted by atomic mass is 9.85.